The molecule has 0 spiro atoms. The second-order valence-electron chi connectivity index (χ2n) is 4.09. The summed E-state index contributed by atoms with van der Waals surface area (Å²) in [6, 6.07) is 0. The molecule has 1 aliphatic carbocycles. The van der Waals surface area contributed by atoms with E-state index in [-0.39, 0.29) is 0 Å². The molecule has 1 aliphatic rings. The van der Waals surface area contributed by atoms with Gasteiger partial charge in [0.2, 0.25) is 0 Å². The van der Waals surface area contributed by atoms with Crippen molar-refractivity contribution < 1.29 is 0 Å². The van der Waals surface area contributed by atoms with E-state index in [1.807, 2.05) is 0 Å². The van der Waals surface area contributed by atoms with Gasteiger partial charge in [-0.2, -0.15) is 0 Å². The summed E-state index contributed by atoms with van der Waals surface area (Å²) in [6.45, 7) is 2.17. The molecule has 0 aliphatic heterocycles. The maximum absolute atomic E-state index is 6.05. The highest BCUT2D eigenvalue weighted by Gasteiger charge is 2.14. The summed E-state index contributed by atoms with van der Waals surface area (Å²) in [4.78, 5) is 0. The predicted octanol–water partition coefficient (Wildman–Crippen LogP) is 4.36. The first-order chi connectivity index (χ1) is 5.83. The van der Waals surface area contributed by atoms with Crippen LogP contribution in [0.15, 0.2) is 0 Å². The van der Waals surface area contributed by atoms with Crippen LogP contribution >= 0.6 is 11.6 Å². The van der Waals surface area contributed by atoms with Crippen molar-refractivity contribution >= 4 is 11.6 Å². The third-order valence-electron chi connectivity index (χ3n) is 3.05. The van der Waals surface area contributed by atoms with E-state index < -0.39 is 0 Å². The lowest BCUT2D eigenvalue weighted by Crippen LogP contribution is -1.99. The first-order valence-corrected chi connectivity index (χ1v) is 5.90. The van der Waals surface area contributed by atoms with Crippen molar-refractivity contribution in [2.45, 2.75) is 63.7 Å². The van der Waals surface area contributed by atoms with Crippen LogP contribution in [0.5, 0.6) is 0 Å². The Bertz CT molecular complexity index is 106. The van der Waals surface area contributed by atoms with Gasteiger partial charge in [-0.05, 0) is 18.8 Å². The van der Waals surface area contributed by atoms with E-state index >= 15 is 0 Å². The predicted molar refractivity (Wildman–Crippen MR) is 55.7 cm³/mol. The van der Waals surface area contributed by atoms with Crippen LogP contribution in [-0.4, -0.2) is 5.38 Å². The van der Waals surface area contributed by atoms with Gasteiger partial charge in [0.1, 0.15) is 0 Å². The molecule has 1 rings (SSSR count). The Hall–Kier alpha value is 0.290. The Morgan fingerprint density at radius 1 is 1.33 bits per heavy atom. The number of halogens is 1. The fourth-order valence-corrected chi connectivity index (χ4v) is 2.29. The number of hydrogen-bond donors (Lipinski definition) is 0. The van der Waals surface area contributed by atoms with Crippen molar-refractivity contribution in [3.8, 4) is 0 Å². The highest BCUT2D eigenvalue weighted by Crippen LogP contribution is 2.29. The summed E-state index contributed by atoms with van der Waals surface area (Å²) in [6.07, 6.45) is 11.1. The number of rotatable bonds is 5. The minimum absolute atomic E-state index is 0.436. The lowest BCUT2D eigenvalue weighted by Gasteiger charge is -2.09. The van der Waals surface area contributed by atoms with Crippen molar-refractivity contribution in [2.75, 3.05) is 0 Å². The largest absolute Gasteiger partial charge is 0.123 e. The van der Waals surface area contributed by atoms with Gasteiger partial charge < -0.3 is 0 Å². The van der Waals surface area contributed by atoms with Crippen molar-refractivity contribution in [1.29, 1.82) is 0 Å². The maximum atomic E-state index is 6.05. The Kier molecular flexibility index (Phi) is 5.06. The van der Waals surface area contributed by atoms with Crippen LogP contribution in [0, 0.1) is 5.92 Å². The fraction of sp³-hybridized carbons (Fsp3) is 1.00. The van der Waals surface area contributed by atoms with Crippen molar-refractivity contribution in [3.63, 3.8) is 0 Å². The number of hydrogen-bond acceptors (Lipinski definition) is 0. The van der Waals surface area contributed by atoms with Crippen LogP contribution in [0.1, 0.15) is 58.3 Å². The van der Waals surface area contributed by atoms with E-state index in [1.165, 1.54) is 44.9 Å². The Morgan fingerprint density at radius 3 is 2.58 bits per heavy atom. The summed E-state index contributed by atoms with van der Waals surface area (Å²) in [7, 11) is 0. The Balaban J connectivity index is 1.94. The third-order valence-corrected chi connectivity index (χ3v) is 3.57. The lowest BCUT2D eigenvalue weighted by atomic mass is 9.99. The van der Waals surface area contributed by atoms with Crippen LogP contribution in [0.25, 0.3) is 0 Å². The molecule has 0 amide bonds. The second kappa shape index (κ2) is 5.85. The molecule has 1 unspecified atom stereocenters. The first-order valence-electron chi connectivity index (χ1n) is 5.47. The molecule has 1 fully saturated rings. The second-order valence-corrected chi connectivity index (χ2v) is 4.70. The Labute approximate surface area is 81.7 Å². The molecule has 0 aromatic rings. The smallest absolute Gasteiger partial charge is 0.0333 e. The quantitative estimate of drug-likeness (QED) is 0.563. The van der Waals surface area contributed by atoms with E-state index in [1.54, 1.807) is 0 Å². The molecule has 0 aromatic heterocycles. The topological polar surface area (TPSA) is 0 Å². The lowest BCUT2D eigenvalue weighted by molar-refractivity contribution is 0.468. The zero-order valence-electron chi connectivity index (χ0n) is 8.19. The molecule has 0 N–H and O–H groups in total. The molecule has 0 nitrogen and oxygen atoms in total. The van der Waals surface area contributed by atoms with Gasteiger partial charge >= 0.3 is 0 Å². The van der Waals surface area contributed by atoms with Gasteiger partial charge in [-0.1, -0.05) is 45.4 Å². The van der Waals surface area contributed by atoms with Gasteiger partial charge in [0.25, 0.3) is 0 Å². The summed E-state index contributed by atoms with van der Waals surface area (Å²) >= 11 is 6.05. The van der Waals surface area contributed by atoms with E-state index in [4.69, 9.17) is 11.6 Å². The van der Waals surface area contributed by atoms with Gasteiger partial charge in [0.15, 0.2) is 0 Å². The molecule has 0 aromatic carbocycles. The minimum Gasteiger partial charge on any atom is -0.123 e. The zero-order chi connectivity index (χ0) is 8.81. The molecule has 1 heteroatoms. The summed E-state index contributed by atoms with van der Waals surface area (Å²) in [5.41, 5.74) is 0. The molecule has 0 heterocycles. The molecular weight excluding hydrogens is 168 g/mol. The van der Waals surface area contributed by atoms with Crippen molar-refractivity contribution in [3.05, 3.63) is 0 Å². The minimum atomic E-state index is 0.436. The van der Waals surface area contributed by atoms with Crippen molar-refractivity contribution in [1.82, 2.24) is 0 Å². The highest BCUT2D eigenvalue weighted by molar-refractivity contribution is 6.20. The fourth-order valence-electron chi connectivity index (χ4n) is 2.13. The standard InChI is InChI=1S/C11H21Cl/c1-2-11(12)9-5-8-10-6-3-4-7-10/h10-11H,2-9H2,1H3. The van der Waals surface area contributed by atoms with Crippen LogP contribution in [-0.2, 0) is 0 Å². The average molecular weight is 189 g/mol. The van der Waals surface area contributed by atoms with Gasteiger partial charge in [-0.3, -0.25) is 0 Å². The highest BCUT2D eigenvalue weighted by atomic mass is 35.5. The van der Waals surface area contributed by atoms with Gasteiger partial charge in [-0.15, -0.1) is 11.6 Å². The molecule has 0 bridgehead atoms. The van der Waals surface area contributed by atoms with E-state index in [2.05, 4.69) is 6.92 Å². The Morgan fingerprint density at radius 2 is 2.00 bits per heavy atom. The molecule has 12 heavy (non-hydrogen) atoms. The third kappa shape index (κ3) is 3.80. The molecule has 1 atom stereocenters. The summed E-state index contributed by atoms with van der Waals surface area (Å²) < 4.78 is 0. The molecule has 0 radical (unpaired) electrons. The normalized spacial score (nSPS) is 21.5. The summed E-state index contributed by atoms with van der Waals surface area (Å²) in [5.74, 6) is 1.05. The van der Waals surface area contributed by atoms with Gasteiger partial charge in [-0.25, -0.2) is 0 Å². The van der Waals surface area contributed by atoms with Crippen LogP contribution in [0.3, 0.4) is 0 Å². The van der Waals surface area contributed by atoms with Crippen molar-refractivity contribution in [2.24, 2.45) is 5.92 Å². The monoisotopic (exact) mass is 188 g/mol. The van der Waals surface area contributed by atoms with E-state index in [9.17, 15) is 0 Å². The first kappa shape index (κ1) is 10.4. The molecular formula is C11H21Cl. The molecule has 1 saturated carbocycles. The van der Waals surface area contributed by atoms with Crippen LogP contribution in [0.4, 0.5) is 0 Å². The molecule has 0 saturated heterocycles. The van der Waals surface area contributed by atoms with E-state index in [0.717, 1.165) is 12.3 Å². The zero-order valence-corrected chi connectivity index (χ0v) is 8.95. The SMILES string of the molecule is CCC(Cl)CCCC1CCCC1. The van der Waals surface area contributed by atoms with Crippen LogP contribution < -0.4 is 0 Å². The van der Waals surface area contributed by atoms with Gasteiger partial charge in [0.05, 0.1) is 0 Å². The van der Waals surface area contributed by atoms with E-state index in [0.29, 0.717) is 5.38 Å². The maximum Gasteiger partial charge on any atom is 0.0333 e. The number of alkyl halides is 1. The summed E-state index contributed by atoms with van der Waals surface area (Å²) in [5, 5.41) is 0.436. The molecule has 72 valence electrons. The van der Waals surface area contributed by atoms with Gasteiger partial charge in [0, 0.05) is 5.38 Å². The van der Waals surface area contributed by atoms with Crippen LogP contribution in [0.2, 0.25) is 0 Å². The average Bonchev–Trinajstić information content (AvgIpc) is 2.57.